The summed E-state index contributed by atoms with van der Waals surface area (Å²) in [5, 5.41) is 11.0. The highest BCUT2D eigenvalue weighted by molar-refractivity contribution is 5.86. The molecule has 3 rings (SSSR count). The van der Waals surface area contributed by atoms with Gasteiger partial charge in [-0.15, -0.1) is 0 Å². The number of benzene rings is 2. The number of para-hydroxylation sites is 1. The highest BCUT2D eigenvalue weighted by atomic mass is 19.1. The summed E-state index contributed by atoms with van der Waals surface area (Å²) in [4.78, 5) is 0. The lowest BCUT2D eigenvalue weighted by Gasteiger charge is -2.10. The van der Waals surface area contributed by atoms with E-state index in [0.29, 0.717) is 12.4 Å². The molecular formula is C17H16FNO2. The molecule has 3 nitrogen and oxygen atoms in total. The molecule has 0 atom stereocenters. The largest absolute Gasteiger partial charge is 0.506 e. The van der Waals surface area contributed by atoms with E-state index in [-0.39, 0.29) is 11.6 Å². The summed E-state index contributed by atoms with van der Waals surface area (Å²) in [6.07, 6.45) is 0. The maximum atomic E-state index is 12.9. The normalized spacial score (nSPS) is 11.0. The number of fused-ring (bicyclic) bond motifs is 1. The summed E-state index contributed by atoms with van der Waals surface area (Å²) in [6.45, 7) is 3.13. The Kier molecular flexibility index (Phi) is 3.52. The molecule has 0 amide bonds. The first kappa shape index (κ1) is 13.5. The number of ether oxygens (including phenoxy) is 1. The lowest BCUT2D eigenvalue weighted by atomic mass is 10.2. The minimum atomic E-state index is -0.282. The van der Waals surface area contributed by atoms with Gasteiger partial charge in [0.25, 0.3) is 0 Å². The zero-order valence-electron chi connectivity index (χ0n) is 11.7. The zero-order chi connectivity index (χ0) is 14.8. The number of hydrogen-bond donors (Lipinski definition) is 1. The molecule has 0 unspecified atom stereocenters. The lowest BCUT2D eigenvalue weighted by Crippen LogP contribution is -2.04. The van der Waals surface area contributed by atoms with Crippen LogP contribution in [0.25, 0.3) is 10.9 Å². The molecule has 0 aliphatic carbocycles. The summed E-state index contributed by atoms with van der Waals surface area (Å²) in [5.74, 6) is 0.603. The number of aromatic hydroxyl groups is 1. The van der Waals surface area contributed by atoms with Crippen molar-refractivity contribution >= 4 is 10.9 Å². The van der Waals surface area contributed by atoms with Gasteiger partial charge in [0, 0.05) is 11.9 Å². The molecular weight excluding hydrogens is 269 g/mol. The van der Waals surface area contributed by atoms with Gasteiger partial charge in [-0.2, -0.15) is 0 Å². The van der Waals surface area contributed by atoms with Crippen molar-refractivity contribution < 1.29 is 14.2 Å². The molecule has 0 fully saturated rings. The Morgan fingerprint density at radius 2 is 1.90 bits per heavy atom. The van der Waals surface area contributed by atoms with Gasteiger partial charge in [0.1, 0.15) is 23.9 Å². The van der Waals surface area contributed by atoms with Crippen LogP contribution in [0.3, 0.4) is 0 Å². The smallest absolute Gasteiger partial charge is 0.139 e. The predicted octanol–water partition coefficient (Wildman–Crippen LogP) is 4.08. The average molecular weight is 285 g/mol. The number of phenolic OH excluding ortho intramolecular Hbond substituents is 1. The SMILES string of the molecule is CCn1c(COc2ccc(F)cc2)cc2cccc(O)c21. The quantitative estimate of drug-likeness (QED) is 0.783. The molecule has 0 saturated heterocycles. The molecule has 0 radical (unpaired) electrons. The molecule has 0 saturated carbocycles. The van der Waals surface area contributed by atoms with Gasteiger partial charge in [0.05, 0.1) is 11.2 Å². The molecule has 108 valence electrons. The van der Waals surface area contributed by atoms with E-state index in [1.54, 1.807) is 18.2 Å². The molecule has 1 heterocycles. The number of hydrogen-bond acceptors (Lipinski definition) is 2. The second-order valence-corrected chi connectivity index (χ2v) is 4.84. The van der Waals surface area contributed by atoms with Crippen LogP contribution in [0.4, 0.5) is 4.39 Å². The Morgan fingerprint density at radius 3 is 2.62 bits per heavy atom. The van der Waals surface area contributed by atoms with Crippen LogP contribution in [0.5, 0.6) is 11.5 Å². The van der Waals surface area contributed by atoms with Gasteiger partial charge in [-0.3, -0.25) is 0 Å². The van der Waals surface area contributed by atoms with Crippen LogP contribution in [-0.4, -0.2) is 9.67 Å². The summed E-state index contributed by atoms with van der Waals surface area (Å²) in [5.41, 5.74) is 1.79. The Bertz CT molecular complexity index is 762. The molecule has 0 bridgehead atoms. The van der Waals surface area contributed by atoms with Crippen LogP contribution >= 0.6 is 0 Å². The van der Waals surface area contributed by atoms with Gasteiger partial charge < -0.3 is 14.4 Å². The van der Waals surface area contributed by atoms with Crippen molar-refractivity contribution in [2.75, 3.05) is 0 Å². The number of aromatic nitrogens is 1. The molecule has 21 heavy (non-hydrogen) atoms. The third-order valence-electron chi connectivity index (χ3n) is 3.50. The van der Waals surface area contributed by atoms with Crippen LogP contribution in [0.1, 0.15) is 12.6 Å². The van der Waals surface area contributed by atoms with Crippen LogP contribution in [-0.2, 0) is 13.2 Å². The van der Waals surface area contributed by atoms with Crippen molar-refractivity contribution in [3.05, 3.63) is 60.0 Å². The number of aryl methyl sites for hydroxylation is 1. The summed E-state index contributed by atoms with van der Waals surface area (Å²) in [6, 6.07) is 13.4. The fraction of sp³-hybridized carbons (Fsp3) is 0.176. The summed E-state index contributed by atoms with van der Waals surface area (Å²) in [7, 11) is 0. The van der Waals surface area contributed by atoms with Crippen molar-refractivity contribution in [1.82, 2.24) is 4.57 Å². The van der Waals surface area contributed by atoms with E-state index in [4.69, 9.17) is 4.74 Å². The molecule has 4 heteroatoms. The molecule has 3 aromatic rings. The maximum absolute atomic E-state index is 12.9. The van der Waals surface area contributed by atoms with E-state index in [1.807, 2.05) is 29.7 Å². The minimum Gasteiger partial charge on any atom is -0.506 e. The third-order valence-corrected chi connectivity index (χ3v) is 3.50. The van der Waals surface area contributed by atoms with Crippen molar-refractivity contribution in [2.45, 2.75) is 20.1 Å². The van der Waals surface area contributed by atoms with Gasteiger partial charge in [-0.1, -0.05) is 12.1 Å². The second-order valence-electron chi connectivity index (χ2n) is 4.84. The fourth-order valence-corrected chi connectivity index (χ4v) is 2.53. The highest BCUT2D eigenvalue weighted by Gasteiger charge is 2.11. The van der Waals surface area contributed by atoms with Crippen molar-refractivity contribution in [2.24, 2.45) is 0 Å². The average Bonchev–Trinajstić information content (AvgIpc) is 2.85. The minimum absolute atomic E-state index is 0.266. The van der Waals surface area contributed by atoms with Gasteiger partial charge in [0.2, 0.25) is 0 Å². The standard InChI is InChI=1S/C17H16FNO2/c1-2-19-14(10-12-4-3-5-16(20)17(12)19)11-21-15-8-6-13(18)7-9-15/h3-10,20H,2,11H2,1H3. The fourth-order valence-electron chi connectivity index (χ4n) is 2.53. The van der Waals surface area contributed by atoms with E-state index >= 15 is 0 Å². The number of rotatable bonds is 4. The predicted molar refractivity (Wildman–Crippen MR) is 80.0 cm³/mol. The Labute approximate surface area is 122 Å². The van der Waals surface area contributed by atoms with Gasteiger partial charge in [0.15, 0.2) is 0 Å². The molecule has 1 N–H and O–H groups in total. The molecule has 0 aliphatic heterocycles. The summed E-state index contributed by atoms with van der Waals surface area (Å²) >= 11 is 0. The number of halogens is 1. The topological polar surface area (TPSA) is 34.4 Å². The maximum Gasteiger partial charge on any atom is 0.139 e. The Morgan fingerprint density at radius 1 is 1.14 bits per heavy atom. The highest BCUT2D eigenvalue weighted by Crippen LogP contribution is 2.28. The van der Waals surface area contributed by atoms with Gasteiger partial charge >= 0.3 is 0 Å². The van der Waals surface area contributed by atoms with E-state index < -0.39 is 0 Å². The van der Waals surface area contributed by atoms with Crippen LogP contribution in [0, 0.1) is 5.82 Å². The molecule has 0 aliphatic rings. The van der Waals surface area contributed by atoms with Crippen LogP contribution in [0.15, 0.2) is 48.5 Å². The van der Waals surface area contributed by atoms with Crippen LogP contribution in [0.2, 0.25) is 0 Å². The zero-order valence-corrected chi connectivity index (χ0v) is 11.7. The first-order valence-electron chi connectivity index (χ1n) is 6.87. The monoisotopic (exact) mass is 285 g/mol. The molecule has 1 aromatic heterocycles. The first-order valence-corrected chi connectivity index (χ1v) is 6.87. The summed E-state index contributed by atoms with van der Waals surface area (Å²) < 4.78 is 20.6. The molecule has 0 spiro atoms. The first-order chi connectivity index (χ1) is 10.2. The number of phenols is 1. The van der Waals surface area contributed by atoms with Crippen molar-refractivity contribution in [3.8, 4) is 11.5 Å². The van der Waals surface area contributed by atoms with E-state index in [9.17, 15) is 9.50 Å². The third kappa shape index (κ3) is 2.57. The van der Waals surface area contributed by atoms with E-state index in [2.05, 4.69) is 0 Å². The van der Waals surface area contributed by atoms with Crippen LogP contribution < -0.4 is 4.74 Å². The van der Waals surface area contributed by atoms with E-state index in [1.165, 1.54) is 12.1 Å². The van der Waals surface area contributed by atoms with Gasteiger partial charge in [-0.05, 0) is 43.3 Å². The number of nitrogens with zero attached hydrogens (tertiary/aromatic N) is 1. The molecule has 2 aromatic carbocycles. The van der Waals surface area contributed by atoms with Gasteiger partial charge in [-0.25, -0.2) is 4.39 Å². The van der Waals surface area contributed by atoms with Crippen molar-refractivity contribution in [1.29, 1.82) is 0 Å². The second kappa shape index (κ2) is 5.48. The van der Waals surface area contributed by atoms with Crippen molar-refractivity contribution in [3.63, 3.8) is 0 Å². The van der Waals surface area contributed by atoms with E-state index in [0.717, 1.165) is 23.1 Å². The Balaban J connectivity index is 1.90. The lowest BCUT2D eigenvalue weighted by molar-refractivity contribution is 0.295. The Hall–Kier alpha value is -2.49.